The van der Waals surface area contributed by atoms with Gasteiger partial charge >= 0.3 is 0 Å². The van der Waals surface area contributed by atoms with Gasteiger partial charge in [-0.2, -0.15) is 0 Å². The number of guanidine groups is 1. The molecule has 0 amide bonds. The molecule has 1 saturated heterocycles. The molecule has 19 heavy (non-hydrogen) atoms. The number of rotatable bonds is 5. The summed E-state index contributed by atoms with van der Waals surface area (Å²) in [5.41, 5.74) is 0. The minimum atomic E-state index is 0.446. The van der Waals surface area contributed by atoms with Gasteiger partial charge in [-0.15, -0.1) is 0 Å². The second-order valence-electron chi connectivity index (χ2n) is 5.66. The number of hydrogen-bond donors (Lipinski definition) is 2. The van der Waals surface area contributed by atoms with Gasteiger partial charge < -0.3 is 15.4 Å². The fourth-order valence-electron chi connectivity index (χ4n) is 2.95. The number of aliphatic imine (C=N–C) groups is 1. The predicted molar refractivity (Wildman–Crippen MR) is 79.6 cm³/mol. The summed E-state index contributed by atoms with van der Waals surface area (Å²) in [7, 11) is 0. The molecule has 2 N–H and O–H groups in total. The summed E-state index contributed by atoms with van der Waals surface area (Å²) in [6, 6.07) is 0.620. The van der Waals surface area contributed by atoms with Crippen LogP contribution in [-0.2, 0) is 4.74 Å². The van der Waals surface area contributed by atoms with Gasteiger partial charge in [0.1, 0.15) is 0 Å². The molecule has 1 aliphatic heterocycles. The highest BCUT2D eigenvalue weighted by Crippen LogP contribution is 2.17. The van der Waals surface area contributed by atoms with E-state index in [1.165, 1.54) is 44.9 Å². The first-order valence-electron chi connectivity index (χ1n) is 8.05. The number of nitrogens with one attached hydrogen (secondary N) is 2. The van der Waals surface area contributed by atoms with Gasteiger partial charge in [-0.05, 0) is 39.0 Å². The molecular formula is C15H29N3O. The normalized spacial score (nSPS) is 25.5. The van der Waals surface area contributed by atoms with Gasteiger partial charge in [-0.1, -0.05) is 19.3 Å². The van der Waals surface area contributed by atoms with Crippen molar-refractivity contribution in [1.29, 1.82) is 0 Å². The first-order valence-corrected chi connectivity index (χ1v) is 8.05. The van der Waals surface area contributed by atoms with E-state index in [1.807, 2.05) is 0 Å². The average Bonchev–Trinajstić information content (AvgIpc) is 2.93. The van der Waals surface area contributed by atoms with Crippen molar-refractivity contribution in [3.8, 4) is 0 Å². The Labute approximate surface area is 117 Å². The van der Waals surface area contributed by atoms with Gasteiger partial charge in [0.25, 0.3) is 0 Å². The second kappa shape index (κ2) is 8.41. The van der Waals surface area contributed by atoms with Gasteiger partial charge in [0.05, 0.1) is 6.10 Å². The molecule has 1 atom stereocenters. The van der Waals surface area contributed by atoms with E-state index in [4.69, 9.17) is 4.74 Å². The Balaban J connectivity index is 1.72. The number of ether oxygens (including phenoxy) is 1. The Kier molecular flexibility index (Phi) is 6.48. The largest absolute Gasteiger partial charge is 0.378 e. The van der Waals surface area contributed by atoms with Gasteiger partial charge in [0.15, 0.2) is 5.96 Å². The van der Waals surface area contributed by atoms with E-state index in [1.54, 1.807) is 0 Å². The van der Waals surface area contributed by atoms with Crippen molar-refractivity contribution in [1.82, 2.24) is 10.6 Å². The summed E-state index contributed by atoms with van der Waals surface area (Å²) in [5, 5.41) is 6.93. The molecule has 2 aliphatic rings. The molecule has 0 aromatic rings. The summed E-state index contributed by atoms with van der Waals surface area (Å²) in [5.74, 6) is 0.993. The highest BCUT2D eigenvalue weighted by molar-refractivity contribution is 5.80. The van der Waals surface area contributed by atoms with E-state index in [-0.39, 0.29) is 0 Å². The molecule has 4 heteroatoms. The first-order chi connectivity index (χ1) is 9.38. The van der Waals surface area contributed by atoms with Gasteiger partial charge in [0.2, 0.25) is 0 Å². The van der Waals surface area contributed by atoms with Crippen molar-refractivity contribution >= 4 is 5.96 Å². The molecule has 2 fully saturated rings. The molecule has 0 aromatic heterocycles. The number of hydrogen-bond acceptors (Lipinski definition) is 2. The SMILES string of the molecule is CCNC(=NCCC1CCCO1)NC1CCCCC1. The molecule has 0 bridgehead atoms. The monoisotopic (exact) mass is 267 g/mol. The molecule has 0 radical (unpaired) electrons. The Morgan fingerprint density at radius 2 is 2.00 bits per heavy atom. The zero-order valence-electron chi connectivity index (χ0n) is 12.3. The summed E-state index contributed by atoms with van der Waals surface area (Å²) in [6.07, 6.45) is 10.6. The predicted octanol–water partition coefficient (Wildman–Crippen LogP) is 2.44. The van der Waals surface area contributed by atoms with Crippen LogP contribution in [0.5, 0.6) is 0 Å². The standard InChI is InChI=1S/C15H29N3O/c1-2-16-15(18-13-7-4-3-5-8-13)17-11-10-14-9-6-12-19-14/h13-14H,2-12H2,1H3,(H2,16,17,18). The molecular weight excluding hydrogens is 238 g/mol. The van der Waals surface area contributed by atoms with Crippen molar-refractivity contribution in [3.63, 3.8) is 0 Å². The van der Waals surface area contributed by atoms with E-state index in [2.05, 4.69) is 22.5 Å². The Morgan fingerprint density at radius 3 is 2.68 bits per heavy atom. The Morgan fingerprint density at radius 1 is 1.16 bits per heavy atom. The van der Waals surface area contributed by atoms with Crippen molar-refractivity contribution in [2.45, 2.75) is 70.4 Å². The van der Waals surface area contributed by atoms with Crippen LogP contribution in [0.3, 0.4) is 0 Å². The maximum absolute atomic E-state index is 5.63. The molecule has 2 rings (SSSR count). The molecule has 110 valence electrons. The Bertz CT molecular complexity index is 269. The second-order valence-corrected chi connectivity index (χ2v) is 5.66. The summed E-state index contributed by atoms with van der Waals surface area (Å²) in [6.45, 7) is 4.86. The van der Waals surface area contributed by atoms with Crippen molar-refractivity contribution in [2.75, 3.05) is 19.7 Å². The highest BCUT2D eigenvalue weighted by Gasteiger charge is 2.16. The molecule has 1 unspecified atom stereocenters. The molecule has 0 spiro atoms. The maximum Gasteiger partial charge on any atom is 0.191 e. The third-order valence-corrected chi connectivity index (χ3v) is 4.04. The van der Waals surface area contributed by atoms with Crippen LogP contribution >= 0.6 is 0 Å². The topological polar surface area (TPSA) is 45.7 Å². The fraction of sp³-hybridized carbons (Fsp3) is 0.933. The maximum atomic E-state index is 5.63. The van der Waals surface area contributed by atoms with Crippen molar-refractivity contribution in [2.24, 2.45) is 4.99 Å². The smallest absolute Gasteiger partial charge is 0.191 e. The van der Waals surface area contributed by atoms with Gasteiger partial charge in [-0.25, -0.2) is 0 Å². The fourth-order valence-corrected chi connectivity index (χ4v) is 2.95. The summed E-state index contributed by atoms with van der Waals surface area (Å²) < 4.78 is 5.63. The third-order valence-electron chi connectivity index (χ3n) is 4.04. The summed E-state index contributed by atoms with van der Waals surface area (Å²) in [4.78, 5) is 4.69. The van der Waals surface area contributed by atoms with Gasteiger partial charge in [0, 0.05) is 25.7 Å². The van der Waals surface area contributed by atoms with E-state index >= 15 is 0 Å². The van der Waals surface area contributed by atoms with Crippen LogP contribution in [0.1, 0.15) is 58.3 Å². The van der Waals surface area contributed by atoms with Crippen molar-refractivity contribution in [3.05, 3.63) is 0 Å². The zero-order chi connectivity index (χ0) is 13.3. The van der Waals surface area contributed by atoms with E-state index in [0.717, 1.165) is 32.1 Å². The molecule has 4 nitrogen and oxygen atoms in total. The van der Waals surface area contributed by atoms with Crippen LogP contribution in [0.4, 0.5) is 0 Å². The summed E-state index contributed by atoms with van der Waals surface area (Å²) >= 11 is 0. The van der Waals surface area contributed by atoms with E-state index in [9.17, 15) is 0 Å². The van der Waals surface area contributed by atoms with Crippen molar-refractivity contribution < 1.29 is 4.74 Å². The minimum Gasteiger partial charge on any atom is -0.378 e. The number of nitrogens with zero attached hydrogens (tertiary/aromatic N) is 1. The van der Waals surface area contributed by atoms with Crippen LogP contribution in [0.15, 0.2) is 4.99 Å². The highest BCUT2D eigenvalue weighted by atomic mass is 16.5. The molecule has 0 aromatic carbocycles. The molecule has 1 saturated carbocycles. The van der Waals surface area contributed by atoms with E-state index in [0.29, 0.717) is 12.1 Å². The first kappa shape index (κ1) is 14.6. The van der Waals surface area contributed by atoms with Crippen LogP contribution in [-0.4, -0.2) is 37.8 Å². The van der Waals surface area contributed by atoms with Gasteiger partial charge in [-0.3, -0.25) is 4.99 Å². The lowest BCUT2D eigenvalue weighted by Crippen LogP contribution is -2.44. The van der Waals surface area contributed by atoms with Crippen LogP contribution in [0.25, 0.3) is 0 Å². The zero-order valence-corrected chi connectivity index (χ0v) is 12.3. The average molecular weight is 267 g/mol. The Hall–Kier alpha value is -0.770. The van der Waals surface area contributed by atoms with Crippen LogP contribution < -0.4 is 10.6 Å². The minimum absolute atomic E-state index is 0.446. The lowest BCUT2D eigenvalue weighted by atomic mass is 9.96. The quantitative estimate of drug-likeness (QED) is 0.594. The lowest BCUT2D eigenvalue weighted by molar-refractivity contribution is 0.106. The molecule has 1 heterocycles. The van der Waals surface area contributed by atoms with Crippen LogP contribution in [0.2, 0.25) is 0 Å². The lowest BCUT2D eigenvalue weighted by Gasteiger charge is -2.25. The van der Waals surface area contributed by atoms with Crippen LogP contribution in [0, 0.1) is 0 Å². The third kappa shape index (κ3) is 5.39. The molecule has 1 aliphatic carbocycles. The van der Waals surface area contributed by atoms with E-state index < -0.39 is 0 Å².